The van der Waals surface area contributed by atoms with Crippen LogP contribution in [0.5, 0.6) is 5.75 Å². The third kappa shape index (κ3) is 20.5. The van der Waals surface area contributed by atoms with Crippen molar-refractivity contribution in [3.05, 3.63) is 29.8 Å². The average molecular weight is 907 g/mol. The van der Waals surface area contributed by atoms with E-state index in [2.05, 4.69) is 37.2 Å². The predicted octanol–water partition coefficient (Wildman–Crippen LogP) is -6.46. The largest absolute Gasteiger partial charge is 0.508 e. The molecule has 11 amide bonds. The van der Waals surface area contributed by atoms with Gasteiger partial charge in [0.1, 0.15) is 36.0 Å². The summed E-state index contributed by atoms with van der Waals surface area (Å²) < 4.78 is 0. The number of nitrogens with zero attached hydrogens (tertiary/aromatic N) is 1. The number of carboxylic acid groups (broad SMARTS) is 1. The molecular weight excluding hydrogens is 848 g/mol. The highest BCUT2D eigenvalue weighted by molar-refractivity contribution is 5.98. The van der Waals surface area contributed by atoms with E-state index >= 15 is 0 Å². The van der Waals surface area contributed by atoms with Crippen LogP contribution < -0.4 is 60.2 Å². The lowest BCUT2D eigenvalue weighted by molar-refractivity contribution is -0.140. The Labute approximate surface area is 367 Å². The number of carbonyl (C=O) groups excluding carboxylic acids is 11. The Kier molecular flexibility index (Phi) is 23.5. The Morgan fingerprint density at radius 2 is 1.28 bits per heavy atom. The number of phenolic OH excluding ortho intramolecular Hbond substituents is 1. The summed E-state index contributed by atoms with van der Waals surface area (Å²) >= 11 is 0. The van der Waals surface area contributed by atoms with Gasteiger partial charge in [-0.1, -0.05) is 32.4 Å². The molecule has 0 saturated carbocycles. The Morgan fingerprint density at radius 1 is 0.719 bits per heavy atom. The normalized spacial score (nSPS) is 13.9. The van der Waals surface area contributed by atoms with Gasteiger partial charge in [-0.05, 0) is 42.9 Å². The second-order valence-electron chi connectivity index (χ2n) is 14.7. The number of rotatable bonds is 30. The number of aliphatic carboxylic acids is 1. The number of nitrogens with two attached hydrogens (primary N) is 4. The third-order valence-electron chi connectivity index (χ3n) is 9.38. The van der Waals surface area contributed by atoms with Gasteiger partial charge in [-0.25, -0.2) is 0 Å². The number of phenols is 1. The van der Waals surface area contributed by atoms with E-state index in [1.54, 1.807) is 26.0 Å². The number of likely N-dealkylation sites (N-methyl/N-ethyl adjacent to an activating group) is 1. The molecule has 0 spiro atoms. The molecule has 26 nitrogen and oxygen atoms in total. The first-order chi connectivity index (χ1) is 30.0. The van der Waals surface area contributed by atoms with Gasteiger partial charge in [0, 0.05) is 26.4 Å². The molecule has 0 aliphatic carbocycles. The molecule has 0 heterocycles. The quantitative estimate of drug-likeness (QED) is 0.0319. The fraction of sp³-hybridized carbons (Fsp3) is 0.526. The summed E-state index contributed by atoms with van der Waals surface area (Å²) in [6, 6.07) is -3.12. The van der Waals surface area contributed by atoms with Gasteiger partial charge >= 0.3 is 5.97 Å². The van der Waals surface area contributed by atoms with Gasteiger partial charge in [0.05, 0.1) is 25.6 Å². The van der Waals surface area contributed by atoms with E-state index in [-0.39, 0.29) is 18.6 Å². The number of primary amides is 3. The van der Waals surface area contributed by atoms with Crippen LogP contribution in [-0.2, 0) is 64.0 Å². The Bertz CT molecular complexity index is 1860. The maximum absolute atomic E-state index is 13.7. The zero-order valence-electron chi connectivity index (χ0n) is 35.5. The number of aromatic hydroxyl groups is 1. The first-order valence-corrected chi connectivity index (χ1v) is 19.8. The molecule has 354 valence electrons. The van der Waals surface area contributed by atoms with Gasteiger partial charge in [-0.3, -0.25) is 57.5 Å². The SMILES string of the molecule is CC[C@H](C)[C@H](NC(=O)[C@@H](N)Cc1ccc(O)cc1)C(=O)N[C@@H](CCC(N)=O)C(=O)N[C@@H](CC(N)=O)C(=O)N[C@@H](CNC=O)C(=O)N(C)CC(=O)N[C@@H](CCC(=O)O)C(=O)NCC(N)=O. The number of hydrogen-bond acceptors (Lipinski definition) is 14. The molecule has 26 heteroatoms. The van der Waals surface area contributed by atoms with E-state index < -0.39 is 159 Å². The van der Waals surface area contributed by atoms with Crippen LogP contribution in [0, 0.1) is 5.92 Å². The van der Waals surface area contributed by atoms with Gasteiger partial charge in [0.25, 0.3) is 0 Å². The monoisotopic (exact) mass is 906 g/mol. The summed E-state index contributed by atoms with van der Waals surface area (Å²) in [7, 11) is 1.09. The zero-order valence-corrected chi connectivity index (χ0v) is 35.5. The number of benzene rings is 1. The highest BCUT2D eigenvalue weighted by atomic mass is 16.4. The molecule has 1 aromatic rings. The van der Waals surface area contributed by atoms with Crippen molar-refractivity contribution in [2.45, 2.75) is 95.0 Å². The number of carbonyl (C=O) groups is 12. The molecule has 0 fully saturated rings. The smallest absolute Gasteiger partial charge is 0.303 e. The van der Waals surface area contributed by atoms with Crippen molar-refractivity contribution in [3.8, 4) is 5.75 Å². The maximum Gasteiger partial charge on any atom is 0.303 e. The van der Waals surface area contributed by atoms with Crippen LogP contribution in [0.3, 0.4) is 0 Å². The van der Waals surface area contributed by atoms with E-state index in [4.69, 9.17) is 28.0 Å². The van der Waals surface area contributed by atoms with Gasteiger partial charge in [0.2, 0.25) is 65.5 Å². The zero-order chi connectivity index (χ0) is 48.7. The molecule has 17 N–H and O–H groups in total. The molecule has 0 saturated heterocycles. The van der Waals surface area contributed by atoms with Crippen molar-refractivity contribution >= 4 is 71.5 Å². The second-order valence-corrected chi connectivity index (χ2v) is 14.7. The predicted molar refractivity (Wildman–Crippen MR) is 222 cm³/mol. The molecular formula is C38H58N12O14. The molecule has 1 aromatic carbocycles. The van der Waals surface area contributed by atoms with Crippen LogP contribution in [0.2, 0.25) is 0 Å². The molecule has 0 unspecified atom stereocenters. The van der Waals surface area contributed by atoms with Crippen molar-refractivity contribution < 1.29 is 67.7 Å². The number of carboxylic acids is 1. The Morgan fingerprint density at radius 3 is 1.83 bits per heavy atom. The van der Waals surface area contributed by atoms with Crippen LogP contribution in [-0.4, -0.2) is 149 Å². The first kappa shape index (κ1) is 54.6. The Balaban J connectivity index is 3.27. The summed E-state index contributed by atoms with van der Waals surface area (Å²) in [6.45, 7) is 1.33. The van der Waals surface area contributed by atoms with Crippen LogP contribution in [0.15, 0.2) is 24.3 Å². The maximum atomic E-state index is 13.7. The lowest BCUT2D eigenvalue weighted by atomic mass is 9.96. The van der Waals surface area contributed by atoms with Crippen LogP contribution >= 0.6 is 0 Å². The summed E-state index contributed by atoms with van der Waals surface area (Å²) in [5, 5.41) is 34.6. The second kappa shape index (κ2) is 27.5. The molecule has 0 aromatic heterocycles. The van der Waals surface area contributed by atoms with Gasteiger partial charge in [0.15, 0.2) is 0 Å². The van der Waals surface area contributed by atoms with Crippen LogP contribution in [0.1, 0.15) is 57.9 Å². The highest BCUT2D eigenvalue weighted by Gasteiger charge is 2.35. The molecule has 1 rings (SSSR count). The van der Waals surface area contributed by atoms with E-state index in [9.17, 15) is 62.6 Å². The number of nitrogens with one attached hydrogen (secondary N) is 7. The van der Waals surface area contributed by atoms with Crippen molar-refractivity contribution in [2.24, 2.45) is 28.9 Å². The average Bonchev–Trinajstić information content (AvgIpc) is 3.22. The standard InChI is InChI=1S/C38H58N12O14/c1-4-19(2)32(49-33(59)22(39)13-20-5-7-21(52)8-6-20)37(63)46-24(9-11-27(40)53)35(61)47-25(14-28(41)54)36(62)48-26(15-43-18-51)38(64)50(3)17-30(56)45-23(10-12-31(57)58)34(60)44-16-29(42)55/h5-8,18-19,22-26,32,52H,4,9-17,39H2,1-3H3,(H2,40,53)(H2,41,54)(H2,42,55)(H,43,51)(H,44,60)(H,45,56)(H,46,63)(H,47,61)(H,48,62)(H,49,59)(H,57,58)/t19-,22-,23-,24-,25-,26-,32-/m0/s1. The molecule has 0 aliphatic heterocycles. The highest BCUT2D eigenvalue weighted by Crippen LogP contribution is 2.13. The summed E-state index contributed by atoms with van der Waals surface area (Å²) in [4.78, 5) is 151. The minimum absolute atomic E-state index is 0.000607. The summed E-state index contributed by atoms with van der Waals surface area (Å²) in [5.41, 5.74) is 22.4. The van der Waals surface area contributed by atoms with Gasteiger partial charge in [-0.2, -0.15) is 0 Å². The fourth-order valence-electron chi connectivity index (χ4n) is 5.71. The van der Waals surface area contributed by atoms with Gasteiger partial charge < -0.3 is 75.3 Å². The summed E-state index contributed by atoms with van der Waals surface area (Å²) in [6.07, 6.45) is -2.21. The van der Waals surface area contributed by atoms with Crippen LogP contribution in [0.4, 0.5) is 0 Å². The lowest BCUT2D eigenvalue weighted by Gasteiger charge is -2.29. The Hall–Kier alpha value is -7.38. The molecule has 0 radical (unpaired) electrons. The van der Waals surface area contributed by atoms with Crippen molar-refractivity contribution in [2.75, 3.05) is 26.7 Å². The molecule has 0 bridgehead atoms. The topological polar surface area (TPSA) is 437 Å². The third-order valence-corrected chi connectivity index (χ3v) is 9.38. The van der Waals surface area contributed by atoms with Crippen LogP contribution in [0.25, 0.3) is 0 Å². The summed E-state index contributed by atoms with van der Waals surface area (Å²) in [5.74, 6) is -11.7. The van der Waals surface area contributed by atoms with Crippen molar-refractivity contribution in [3.63, 3.8) is 0 Å². The number of amides is 11. The minimum Gasteiger partial charge on any atom is -0.508 e. The van der Waals surface area contributed by atoms with Gasteiger partial charge in [-0.15, -0.1) is 0 Å². The first-order valence-electron chi connectivity index (χ1n) is 19.8. The molecule has 64 heavy (non-hydrogen) atoms. The van der Waals surface area contributed by atoms with E-state index in [1.165, 1.54) is 12.1 Å². The fourth-order valence-corrected chi connectivity index (χ4v) is 5.71. The van der Waals surface area contributed by atoms with E-state index in [0.717, 1.165) is 11.9 Å². The number of hydrogen-bond donors (Lipinski definition) is 13. The minimum atomic E-state index is -1.85. The van der Waals surface area contributed by atoms with E-state index in [0.29, 0.717) is 12.0 Å². The molecule has 0 aliphatic rings. The lowest BCUT2D eigenvalue weighted by Crippen LogP contribution is -2.61. The molecule has 7 atom stereocenters. The van der Waals surface area contributed by atoms with E-state index in [1.807, 2.05) is 0 Å². The van der Waals surface area contributed by atoms with Crippen molar-refractivity contribution in [1.82, 2.24) is 42.1 Å². The van der Waals surface area contributed by atoms with Crippen molar-refractivity contribution in [1.29, 1.82) is 0 Å².